The van der Waals surface area contributed by atoms with Crippen molar-refractivity contribution >= 4 is 17.7 Å². The van der Waals surface area contributed by atoms with E-state index < -0.39 is 0 Å². The van der Waals surface area contributed by atoms with Crippen LogP contribution in [0.1, 0.15) is 39.0 Å². The average molecular weight is 299 g/mol. The molecule has 3 atom stereocenters. The molecule has 0 saturated heterocycles. The highest BCUT2D eigenvalue weighted by molar-refractivity contribution is 7.99. The molecule has 3 unspecified atom stereocenters. The van der Waals surface area contributed by atoms with E-state index in [4.69, 9.17) is 0 Å². The third kappa shape index (κ3) is 4.55. The van der Waals surface area contributed by atoms with Crippen LogP contribution in [-0.2, 0) is 0 Å². The summed E-state index contributed by atoms with van der Waals surface area (Å²) in [5.74, 6) is 0.966. The fourth-order valence-corrected chi connectivity index (χ4v) is 3.70. The molecule has 116 valence electrons. The van der Waals surface area contributed by atoms with E-state index in [2.05, 4.69) is 40.8 Å². The second-order valence-corrected chi connectivity index (χ2v) is 7.35. The standard InChI is InChI=1S/C15H30N4S/c1-11(19(3)13-6-7-13)10-17-15(16-2)18-12-5-8-14(9-12)20-4/h11-14H,5-10H2,1-4H3,(H2,16,17,18). The molecule has 0 radical (unpaired) electrons. The molecule has 2 N–H and O–H groups in total. The Morgan fingerprint density at radius 1 is 1.35 bits per heavy atom. The first-order chi connectivity index (χ1) is 9.63. The topological polar surface area (TPSA) is 39.7 Å². The lowest BCUT2D eigenvalue weighted by atomic mass is 10.2. The smallest absolute Gasteiger partial charge is 0.191 e. The third-order valence-corrected chi connectivity index (χ3v) is 5.76. The zero-order valence-corrected chi connectivity index (χ0v) is 14.2. The summed E-state index contributed by atoms with van der Waals surface area (Å²) in [5.41, 5.74) is 0. The summed E-state index contributed by atoms with van der Waals surface area (Å²) in [7, 11) is 4.10. The van der Waals surface area contributed by atoms with Gasteiger partial charge < -0.3 is 10.6 Å². The molecule has 0 bridgehead atoms. The Labute approximate surface area is 128 Å². The predicted molar refractivity (Wildman–Crippen MR) is 89.7 cm³/mol. The molecule has 2 saturated carbocycles. The van der Waals surface area contributed by atoms with E-state index in [-0.39, 0.29) is 0 Å². The second kappa shape index (κ2) is 7.55. The summed E-state index contributed by atoms with van der Waals surface area (Å²) >= 11 is 2.00. The Kier molecular flexibility index (Phi) is 6.02. The number of likely N-dealkylation sites (N-methyl/N-ethyl adjacent to an activating group) is 1. The van der Waals surface area contributed by atoms with Crippen LogP contribution in [0.3, 0.4) is 0 Å². The second-order valence-electron chi connectivity index (χ2n) is 6.21. The van der Waals surface area contributed by atoms with Gasteiger partial charge in [-0.25, -0.2) is 0 Å². The number of rotatable bonds is 6. The minimum atomic E-state index is 0.559. The number of hydrogen-bond donors (Lipinski definition) is 2. The van der Waals surface area contributed by atoms with Crippen LogP contribution in [0.4, 0.5) is 0 Å². The molecule has 0 aromatic rings. The van der Waals surface area contributed by atoms with Gasteiger partial charge in [0.1, 0.15) is 0 Å². The average Bonchev–Trinajstić information content (AvgIpc) is 3.22. The van der Waals surface area contributed by atoms with E-state index in [9.17, 15) is 0 Å². The summed E-state index contributed by atoms with van der Waals surface area (Å²) in [5, 5.41) is 7.88. The molecule has 2 rings (SSSR count). The van der Waals surface area contributed by atoms with Crippen molar-refractivity contribution in [2.75, 3.05) is 26.9 Å². The Bertz CT molecular complexity index is 330. The van der Waals surface area contributed by atoms with Gasteiger partial charge in [0.2, 0.25) is 0 Å². The largest absolute Gasteiger partial charge is 0.355 e. The van der Waals surface area contributed by atoms with Crippen molar-refractivity contribution in [1.29, 1.82) is 0 Å². The number of aliphatic imine (C=N–C) groups is 1. The van der Waals surface area contributed by atoms with Crippen LogP contribution in [0, 0.1) is 0 Å². The van der Waals surface area contributed by atoms with E-state index in [0.29, 0.717) is 12.1 Å². The molecule has 5 heteroatoms. The molecule has 0 aromatic carbocycles. The third-order valence-electron chi connectivity index (χ3n) is 4.67. The molecule has 0 amide bonds. The van der Waals surface area contributed by atoms with Crippen LogP contribution in [0.25, 0.3) is 0 Å². The molecule has 0 spiro atoms. The first-order valence-corrected chi connectivity index (χ1v) is 9.14. The lowest BCUT2D eigenvalue weighted by molar-refractivity contribution is 0.247. The molecule has 0 aromatic heterocycles. The lowest BCUT2D eigenvalue weighted by Crippen LogP contribution is -2.47. The number of hydrogen-bond acceptors (Lipinski definition) is 3. The number of nitrogens with zero attached hydrogens (tertiary/aromatic N) is 2. The van der Waals surface area contributed by atoms with Gasteiger partial charge >= 0.3 is 0 Å². The monoisotopic (exact) mass is 298 g/mol. The Balaban J connectivity index is 1.69. The highest BCUT2D eigenvalue weighted by Crippen LogP contribution is 2.28. The molecule has 2 aliphatic carbocycles. The maximum absolute atomic E-state index is 4.36. The van der Waals surface area contributed by atoms with Crippen LogP contribution in [0.15, 0.2) is 4.99 Å². The van der Waals surface area contributed by atoms with Gasteiger partial charge in [-0.15, -0.1) is 0 Å². The van der Waals surface area contributed by atoms with E-state index in [1.807, 2.05) is 18.8 Å². The molecule has 2 aliphatic rings. The van der Waals surface area contributed by atoms with Crippen LogP contribution in [0.2, 0.25) is 0 Å². The molecular weight excluding hydrogens is 268 g/mol. The van der Waals surface area contributed by atoms with Crippen molar-refractivity contribution in [3.05, 3.63) is 0 Å². The normalized spacial score (nSPS) is 28.8. The zero-order valence-electron chi connectivity index (χ0n) is 13.4. The molecule has 2 fully saturated rings. The first kappa shape index (κ1) is 16.0. The summed E-state index contributed by atoms with van der Waals surface area (Å²) in [6.07, 6.45) is 8.81. The summed E-state index contributed by atoms with van der Waals surface area (Å²) in [4.78, 5) is 6.85. The van der Waals surface area contributed by atoms with Gasteiger partial charge in [-0.2, -0.15) is 11.8 Å². The van der Waals surface area contributed by atoms with E-state index in [1.165, 1.54) is 32.1 Å². The Hall–Kier alpha value is -0.420. The number of guanidine groups is 1. The van der Waals surface area contributed by atoms with Crippen molar-refractivity contribution in [3.8, 4) is 0 Å². The van der Waals surface area contributed by atoms with E-state index in [0.717, 1.165) is 23.8 Å². The number of nitrogens with one attached hydrogen (secondary N) is 2. The van der Waals surface area contributed by atoms with Crippen molar-refractivity contribution in [2.24, 2.45) is 4.99 Å². The fourth-order valence-electron chi connectivity index (χ4n) is 2.90. The SMILES string of the molecule is CN=C(NCC(C)N(C)C1CC1)NC1CCC(SC)C1. The minimum absolute atomic E-state index is 0.559. The van der Waals surface area contributed by atoms with Gasteiger partial charge in [-0.05, 0) is 52.3 Å². The van der Waals surface area contributed by atoms with Gasteiger partial charge in [0.15, 0.2) is 5.96 Å². The fraction of sp³-hybridized carbons (Fsp3) is 0.933. The van der Waals surface area contributed by atoms with Gasteiger partial charge in [0, 0.05) is 37.0 Å². The molecule has 0 aliphatic heterocycles. The van der Waals surface area contributed by atoms with Gasteiger partial charge in [0.25, 0.3) is 0 Å². The van der Waals surface area contributed by atoms with Crippen molar-refractivity contribution in [2.45, 2.75) is 62.4 Å². The minimum Gasteiger partial charge on any atom is -0.355 e. The summed E-state index contributed by atoms with van der Waals surface area (Å²) < 4.78 is 0. The van der Waals surface area contributed by atoms with E-state index >= 15 is 0 Å². The van der Waals surface area contributed by atoms with Gasteiger partial charge in [-0.1, -0.05) is 0 Å². The van der Waals surface area contributed by atoms with Crippen LogP contribution in [0.5, 0.6) is 0 Å². The van der Waals surface area contributed by atoms with E-state index in [1.54, 1.807) is 0 Å². The zero-order chi connectivity index (χ0) is 14.5. The maximum Gasteiger partial charge on any atom is 0.191 e. The predicted octanol–water partition coefficient (Wildman–Crippen LogP) is 1.92. The number of thioether (sulfide) groups is 1. The Morgan fingerprint density at radius 2 is 2.10 bits per heavy atom. The van der Waals surface area contributed by atoms with Crippen molar-refractivity contribution in [1.82, 2.24) is 15.5 Å². The van der Waals surface area contributed by atoms with Crippen molar-refractivity contribution in [3.63, 3.8) is 0 Å². The molecule has 0 heterocycles. The van der Waals surface area contributed by atoms with Crippen LogP contribution >= 0.6 is 11.8 Å². The summed E-state index contributed by atoms with van der Waals surface area (Å²) in [6.45, 7) is 3.25. The van der Waals surface area contributed by atoms with Crippen LogP contribution in [-0.4, -0.2) is 61.1 Å². The highest BCUT2D eigenvalue weighted by Gasteiger charge is 2.29. The molecule has 4 nitrogen and oxygen atoms in total. The van der Waals surface area contributed by atoms with Gasteiger partial charge in [0.05, 0.1) is 0 Å². The quantitative estimate of drug-likeness (QED) is 0.580. The lowest BCUT2D eigenvalue weighted by Gasteiger charge is -2.26. The first-order valence-electron chi connectivity index (χ1n) is 7.86. The van der Waals surface area contributed by atoms with Crippen molar-refractivity contribution < 1.29 is 0 Å². The van der Waals surface area contributed by atoms with Crippen LogP contribution < -0.4 is 10.6 Å². The van der Waals surface area contributed by atoms with Gasteiger partial charge in [-0.3, -0.25) is 9.89 Å². The molecule has 20 heavy (non-hydrogen) atoms. The highest BCUT2D eigenvalue weighted by atomic mass is 32.2. The summed E-state index contributed by atoms with van der Waals surface area (Å²) in [6, 6.07) is 1.97. The maximum atomic E-state index is 4.36. The molecular formula is C15H30N4S. The Morgan fingerprint density at radius 3 is 2.65 bits per heavy atom.